The Labute approximate surface area is 110 Å². The smallest absolute Gasteiger partial charge is 0.335 e. The molecule has 0 spiro atoms. The van der Waals surface area contributed by atoms with Crippen LogP contribution in [0, 0.1) is 0 Å². The molecule has 0 unspecified atom stereocenters. The quantitative estimate of drug-likeness (QED) is 0.844. The van der Waals surface area contributed by atoms with Crippen molar-refractivity contribution in [3.05, 3.63) is 23.9 Å². The molecule has 2 N–H and O–H groups in total. The van der Waals surface area contributed by atoms with Gasteiger partial charge in [0.05, 0.1) is 17.6 Å². The highest BCUT2D eigenvalue weighted by molar-refractivity contribution is 5.93. The van der Waals surface area contributed by atoms with Gasteiger partial charge in [-0.05, 0) is 31.4 Å². The summed E-state index contributed by atoms with van der Waals surface area (Å²) in [5.74, 6) is -1.02. The first kappa shape index (κ1) is 13.5. The molecule has 0 atom stereocenters. The van der Waals surface area contributed by atoms with E-state index < -0.39 is 5.97 Å². The molecule has 0 bridgehead atoms. The Hall–Kier alpha value is -1.95. The molecule has 0 aliphatic heterocycles. The Morgan fingerprint density at radius 2 is 2.26 bits per heavy atom. The summed E-state index contributed by atoms with van der Waals surface area (Å²) in [4.78, 5) is 26.6. The van der Waals surface area contributed by atoms with Gasteiger partial charge in [0, 0.05) is 13.3 Å². The molecule has 0 aromatic carbocycles. The van der Waals surface area contributed by atoms with Gasteiger partial charge >= 0.3 is 5.97 Å². The van der Waals surface area contributed by atoms with Crippen molar-refractivity contribution in [3.63, 3.8) is 0 Å². The highest BCUT2D eigenvalue weighted by Crippen LogP contribution is 2.38. The fraction of sp³-hybridized carbons (Fsp3) is 0.462. The number of carbonyl (C=O) groups excluding carboxylic acids is 1. The van der Waals surface area contributed by atoms with Gasteiger partial charge in [-0.25, -0.2) is 9.78 Å². The van der Waals surface area contributed by atoms with Crippen molar-refractivity contribution >= 4 is 17.7 Å². The Morgan fingerprint density at radius 3 is 2.79 bits per heavy atom. The largest absolute Gasteiger partial charge is 0.478 e. The van der Waals surface area contributed by atoms with Crippen LogP contribution in [0.4, 0.5) is 5.82 Å². The summed E-state index contributed by atoms with van der Waals surface area (Å²) in [7, 11) is 1.61. The number of aromatic nitrogens is 1. The van der Waals surface area contributed by atoms with E-state index in [1.807, 2.05) is 0 Å². The maximum Gasteiger partial charge on any atom is 0.335 e. The van der Waals surface area contributed by atoms with E-state index in [-0.39, 0.29) is 29.3 Å². The predicted octanol–water partition coefficient (Wildman–Crippen LogP) is 1.68. The molecule has 0 radical (unpaired) electrons. The molecule has 1 aromatic heterocycles. The number of nitrogens with one attached hydrogen (secondary N) is 1. The summed E-state index contributed by atoms with van der Waals surface area (Å²) in [5, 5.41) is 11.5. The summed E-state index contributed by atoms with van der Waals surface area (Å²) < 4.78 is 5.37. The van der Waals surface area contributed by atoms with Crippen LogP contribution in [-0.2, 0) is 9.53 Å². The normalized spacial score (nSPS) is 16.5. The first-order valence-electron chi connectivity index (χ1n) is 6.09. The van der Waals surface area contributed by atoms with Crippen molar-refractivity contribution < 1.29 is 19.4 Å². The monoisotopic (exact) mass is 264 g/mol. The Balaban J connectivity index is 1.99. The van der Waals surface area contributed by atoms with Crippen LogP contribution in [0.25, 0.3) is 0 Å². The number of ether oxygens (including phenoxy) is 1. The van der Waals surface area contributed by atoms with Gasteiger partial charge in [-0.1, -0.05) is 0 Å². The number of carbonyl (C=O) groups is 2. The van der Waals surface area contributed by atoms with E-state index in [9.17, 15) is 9.59 Å². The number of amides is 1. The van der Waals surface area contributed by atoms with Gasteiger partial charge in [0.15, 0.2) is 0 Å². The third kappa shape index (κ3) is 3.08. The zero-order valence-electron chi connectivity index (χ0n) is 10.7. The average molecular weight is 264 g/mol. The number of carboxylic acid groups (broad SMARTS) is 1. The lowest BCUT2D eigenvalue weighted by molar-refractivity contribution is -0.129. The first-order chi connectivity index (χ1) is 9.04. The highest BCUT2D eigenvalue weighted by atomic mass is 16.5. The number of hydrogen-bond acceptors (Lipinski definition) is 4. The van der Waals surface area contributed by atoms with Crippen molar-refractivity contribution in [2.24, 2.45) is 0 Å². The van der Waals surface area contributed by atoms with E-state index in [4.69, 9.17) is 9.84 Å². The van der Waals surface area contributed by atoms with Gasteiger partial charge in [-0.2, -0.15) is 0 Å². The van der Waals surface area contributed by atoms with E-state index in [0.29, 0.717) is 0 Å². The molecule has 1 aromatic rings. The van der Waals surface area contributed by atoms with E-state index in [1.54, 1.807) is 7.11 Å². The molecule has 1 aliphatic carbocycles. The number of carboxylic acids is 1. The van der Waals surface area contributed by atoms with E-state index in [2.05, 4.69) is 10.3 Å². The van der Waals surface area contributed by atoms with Gasteiger partial charge < -0.3 is 15.2 Å². The third-order valence-electron chi connectivity index (χ3n) is 3.45. The second-order valence-electron chi connectivity index (χ2n) is 4.70. The standard InChI is InChI=1S/C13H16N2O4/c1-19-13(4-2-5-13)8-11(16)15-10-7-9(12(17)18)3-6-14-10/h3,6-7H,2,4-5,8H2,1H3,(H,17,18)(H,14,15,16). The minimum Gasteiger partial charge on any atom is -0.478 e. The maximum atomic E-state index is 11.9. The van der Waals surface area contributed by atoms with Crippen LogP contribution in [0.15, 0.2) is 18.3 Å². The molecular weight excluding hydrogens is 248 g/mol. The Kier molecular flexibility index (Phi) is 3.80. The number of nitrogens with zero attached hydrogens (tertiary/aromatic N) is 1. The van der Waals surface area contributed by atoms with Gasteiger partial charge in [-0.15, -0.1) is 0 Å². The third-order valence-corrected chi connectivity index (χ3v) is 3.45. The molecule has 1 aliphatic rings. The van der Waals surface area contributed by atoms with Crippen molar-refractivity contribution in [2.75, 3.05) is 12.4 Å². The summed E-state index contributed by atoms with van der Waals surface area (Å²) in [6.45, 7) is 0. The van der Waals surface area contributed by atoms with Gasteiger partial charge in [0.1, 0.15) is 5.82 Å². The van der Waals surface area contributed by atoms with Gasteiger partial charge in [0.2, 0.25) is 5.91 Å². The van der Waals surface area contributed by atoms with Crippen LogP contribution in [0.1, 0.15) is 36.0 Å². The van der Waals surface area contributed by atoms with E-state index >= 15 is 0 Å². The summed E-state index contributed by atoms with van der Waals surface area (Å²) in [5.41, 5.74) is -0.260. The number of aromatic carboxylic acids is 1. The number of pyridine rings is 1. The minimum atomic E-state index is -1.05. The van der Waals surface area contributed by atoms with Crippen LogP contribution in [-0.4, -0.2) is 34.7 Å². The summed E-state index contributed by atoms with van der Waals surface area (Å²) in [6, 6.07) is 2.71. The molecule has 0 saturated heterocycles. The van der Waals surface area contributed by atoms with Gasteiger partial charge in [0.25, 0.3) is 0 Å². The van der Waals surface area contributed by atoms with Crippen LogP contribution < -0.4 is 5.32 Å². The summed E-state index contributed by atoms with van der Waals surface area (Å²) in [6.07, 6.45) is 4.43. The second-order valence-corrected chi connectivity index (χ2v) is 4.70. The summed E-state index contributed by atoms with van der Waals surface area (Å²) >= 11 is 0. The van der Waals surface area contributed by atoms with Crippen LogP contribution in [0.2, 0.25) is 0 Å². The number of rotatable bonds is 5. The van der Waals surface area contributed by atoms with Crippen molar-refractivity contribution in [2.45, 2.75) is 31.3 Å². The van der Waals surface area contributed by atoms with E-state index in [0.717, 1.165) is 19.3 Å². The zero-order chi connectivity index (χ0) is 13.9. The lowest BCUT2D eigenvalue weighted by Gasteiger charge is -2.39. The molecule has 1 amide bonds. The van der Waals surface area contributed by atoms with E-state index in [1.165, 1.54) is 18.3 Å². The molecule has 1 fully saturated rings. The zero-order valence-corrected chi connectivity index (χ0v) is 10.7. The van der Waals surface area contributed by atoms with Crippen LogP contribution >= 0.6 is 0 Å². The first-order valence-corrected chi connectivity index (χ1v) is 6.09. The molecule has 19 heavy (non-hydrogen) atoms. The highest BCUT2D eigenvalue weighted by Gasteiger charge is 2.39. The molecule has 6 nitrogen and oxygen atoms in total. The Bertz CT molecular complexity index is 492. The van der Waals surface area contributed by atoms with Crippen molar-refractivity contribution in [1.29, 1.82) is 0 Å². The predicted molar refractivity (Wildman–Crippen MR) is 68.0 cm³/mol. The van der Waals surface area contributed by atoms with Crippen LogP contribution in [0.3, 0.4) is 0 Å². The fourth-order valence-electron chi connectivity index (χ4n) is 2.14. The lowest BCUT2D eigenvalue weighted by Crippen LogP contribution is -2.42. The molecule has 1 saturated carbocycles. The molecular formula is C13H16N2O4. The number of methoxy groups -OCH3 is 1. The number of anilines is 1. The maximum absolute atomic E-state index is 11.9. The average Bonchev–Trinajstić information content (AvgIpc) is 2.34. The van der Waals surface area contributed by atoms with Crippen LogP contribution in [0.5, 0.6) is 0 Å². The minimum absolute atomic E-state index is 0.0930. The fourth-order valence-corrected chi connectivity index (χ4v) is 2.14. The molecule has 1 heterocycles. The molecule has 2 rings (SSSR count). The Morgan fingerprint density at radius 1 is 1.53 bits per heavy atom. The number of hydrogen-bond donors (Lipinski definition) is 2. The second kappa shape index (κ2) is 5.36. The van der Waals surface area contributed by atoms with Crippen molar-refractivity contribution in [1.82, 2.24) is 4.98 Å². The van der Waals surface area contributed by atoms with Gasteiger partial charge in [-0.3, -0.25) is 4.79 Å². The molecule has 6 heteroatoms. The molecule has 102 valence electrons. The van der Waals surface area contributed by atoms with Crippen molar-refractivity contribution in [3.8, 4) is 0 Å². The lowest BCUT2D eigenvalue weighted by atomic mass is 9.77. The topological polar surface area (TPSA) is 88.5 Å². The SMILES string of the molecule is COC1(CC(=O)Nc2cc(C(=O)O)ccn2)CCC1.